The summed E-state index contributed by atoms with van der Waals surface area (Å²) in [4.78, 5) is 12.8. The summed E-state index contributed by atoms with van der Waals surface area (Å²) in [7, 11) is -3.56. The number of carbonyl (C=O) groups is 1. The van der Waals surface area contributed by atoms with E-state index in [9.17, 15) is 13.2 Å². The summed E-state index contributed by atoms with van der Waals surface area (Å²) in [5, 5.41) is 3.53. The summed E-state index contributed by atoms with van der Waals surface area (Å²) in [5.41, 5.74) is 1.25. The van der Waals surface area contributed by atoms with Gasteiger partial charge < -0.3 is 5.32 Å². The van der Waals surface area contributed by atoms with Crippen LogP contribution in [0.15, 0.2) is 53.4 Å². The SMILES string of the molecule is C[C@H](NC(=O)c1cccc(S(=O)(=O)N2CCCCC2)c1)c1ccc(Cl)cc1. The van der Waals surface area contributed by atoms with Crippen LogP contribution in [0.4, 0.5) is 0 Å². The van der Waals surface area contributed by atoms with Crippen LogP contribution >= 0.6 is 11.6 Å². The van der Waals surface area contributed by atoms with Gasteiger partial charge in [-0.25, -0.2) is 8.42 Å². The largest absolute Gasteiger partial charge is 0.346 e. The molecule has 1 heterocycles. The Morgan fingerprint density at radius 3 is 2.41 bits per heavy atom. The van der Waals surface area contributed by atoms with Gasteiger partial charge in [-0.1, -0.05) is 36.2 Å². The molecule has 0 aliphatic carbocycles. The van der Waals surface area contributed by atoms with Crippen LogP contribution in [0.3, 0.4) is 0 Å². The third kappa shape index (κ3) is 4.69. The molecular formula is C20H23ClN2O3S. The lowest BCUT2D eigenvalue weighted by molar-refractivity contribution is 0.0939. The molecular weight excluding hydrogens is 384 g/mol. The van der Waals surface area contributed by atoms with Gasteiger partial charge in [0.05, 0.1) is 10.9 Å². The molecule has 0 unspecified atom stereocenters. The number of sulfonamides is 1. The van der Waals surface area contributed by atoms with Crippen molar-refractivity contribution in [2.45, 2.75) is 37.1 Å². The molecule has 1 fully saturated rings. The van der Waals surface area contributed by atoms with Crippen LogP contribution in [0.5, 0.6) is 0 Å². The molecule has 7 heteroatoms. The van der Waals surface area contributed by atoms with Gasteiger partial charge in [0.25, 0.3) is 5.91 Å². The van der Waals surface area contributed by atoms with Crippen LogP contribution in [0.1, 0.15) is 48.1 Å². The molecule has 2 aromatic rings. The zero-order valence-electron chi connectivity index (χ0n) is 15.2. The number of nitrogens with one attached hydrogen (secondary N) is 1. The molecule has 0 radical (unpaired) electrons. The molecule has 27 heavy (non-hydrogen) atoms. The number of hydrogen-bond acceptors (Lipinski definition) is 3. The minimum Gasteiger partial charge on any atom is -0.346 e. The summed E-state index contributed by atoms with van der Waals surface area (Å²) in [6.07, 6.45) is 2.80. The van der Waals surface area contributed by atoms with Crippen LogP contribution in [-0.4, -0.2) is 31.7 Å². The molecule has 144 valence electrons. The van der Waals surface area contributed by atoms with Gasteiger partial charge in [0, 0.05) is 23.7 Å². The number of rotatable bonds is 5. The van der Waals surface area contributed by atoms with Crippen molar-refractivity contribution in [1.82, 2.24) is 9.62 Å². The molecule has 0 bridgehead atoms. The molecule has 1 atom stereocenters. The molecule has 1 saturated heterocycles. The molecule has 3 rings (SSSR count). The summed E-state index contributed by atoms with van der Waals surface area (Å²) in [5.74, 6) is -0.312. The van der Waals surface area contributed by atoms with Crippen molar-refractivity contribution in [2.24, 2.45) is 0 Å². The topological polar surface area (TPSA) is 66.5 Å². The van der Waals surface area contributed by atoms with E-state index in [0.29, 0.717) is 23.7 Å². The standard InChI is InChI=1S/C20H23ClN2O3S/c1-15(16-8-10-18(21)11-9-16)22-20(24)17-6-5-7-19(14-17)27(25,26)23-12-3-2-4-13-23/h5-11,14-15H,2-4,12-13H2,1H3,(H,22,24)/t15-/m0/s1. The number of amides is 1. The van der Waals surface area contributed by atoms with Crippen molar-refractivity contribution in [3.8, 4) is 0 Å². The first-order valence-electron chi connectivity index (χ1n) is 9.04. The number of piperidine rings is 1. The fourth-order valence-electron chi connectivity index (χ4n) is 3.17. The highest BCUT2D eigenvalue weighted by molar-refractivity contribution is 7.89. The lowest BCUT2D eigenvalue weighted by Gasteiger charge is -2.26. The van der Waals surface area contributed by atoms with E-state index >= 15 is 0 Å². The maximum Gasteiger partial charge on any atom is 0.251 e. The van der Waals surface area contributed by atoms with Crippen molar-refractivity contribution in [3.05, 3.63) is 64.7 Å². The molecule has 1 aliphatic heterocycles. The second kappa shape index (κ2) is 8.42. The Hall–Kier alpha value is -1.89. The third-order valence-corrected chi connectivity index (χ3v) is 6.91. The maximum absolute atomic E-state index is 12.8. The van der Waals surface area contributed by atoms with E-state index in [1.54, 1.807) is 30.3 Å². The fourth-order valence-corrected chi connectivity index (χ4v) is 4.86. The number of benzene rings is 2. The highest BCUT2D eigenvalue weighted by Crippen LogP contribution is 2.22. The van der Waals surface area contributed by atoms with E-state index < -0.39 is 10.0 Å². The van der Waals surface area contributed by atoms with Gasteiger partial charge in [0.15, 0.2) is 0 Å². The van der Waals surface area contributed by atoms with Gasteiger partial charge in [-0.2, -0.15) is 4.31 Å². The number of nitrogens with zero attached hydrogens (tertiary/aromatic N) is 1. The molecule has 1 aliphatic rings. The summed E-state index contributed by atoms with van der Waals surface area (Å²) in [6.45, 7) is 2.94. The number of hydrogen-bond donors (Lipinski definition) is 1. The van der Waals surface area contributed by atoms with Gasteiger partial charge in [-0.3, -0.25) is 4.79 Å². The van der Waals surface area contributed by atoms with E-state index in [1.165, 1.54) is 10.4 Å². The minimum absolute atomic E-state index is 0.163. The average Bonchev–Trinajstić information content (AvgIpc) is 2.69. The van der Waals surface area contributed by atoms with E-state index in [-0.39, 0.29) is 16.8 Å². The Labute approximate surface area is 165 Å². The Balaban J connectivity index is 1.76. The first-order chi connectivity index (χ1) is 12.9. The molecule has 0 spiro atoms. The zero-order valence-corrected chi connectivity index (χ0v) is 16.8. The Morgan fingerprint density at radius 2 is 1.74 bits per heavy atom. The molecule has 0 aromatic heterocycles. The Bertz CT molecular complexity index is 907. The quantitative estimate of drug-likeness (QED) is 0.815. The highest BCUT2D eigenvalue weighted by atomic mass is 35.5. The van der Waals surface area contributed by atoms with Crippen LogP contribution in [0.25, 0.3) is 0 Å². The molecule has 1 amide bonds. The van der Waals surface area contributed by atoms with Crippen LogP contribution in [-0.2, 0) is 10.0 Å². The Morgan fingerprint density at radius 1 is 1.07 bits per heavy atom. The fraction of sp³-hybridized carbons (Fsp3) is 0.350. The first-order valence-corrected chi connectivity index (χ1v) is 10.9. The summed E-state index contributed by atoms with van der Waals surface area (Å²) >= 11 is 5.89. The average molecular weight is 407 g/mol. The van der Waals surface area contributed by atoms with E-state index in [0.717, 1.165) is 24.8 Å². The van der Waals surface area contributed by atoms with E-state index in [4.69, 9.17) is 11.6 Å². The third-order valence-electron chi connectivity index (χ3n) is 4.77. The second-order valence-corrected chi connectivity index (χ2v) is 9.11. The zero-order chi connectivity index (χ0) is 19.4. The number of halogens is 1. The van der Waals surface area contributed by atoms with E-state index in [2.05, 4.69) is 5.32 Å². The molecule has 1 N–H and O–H groups in total. The van der Waals surface area contributed by atoms with E-state index in [1.807, 2.05) is 19.1 Å². The smallest absolute Gasteiger partial charge is 0.251 e. The van der Waals surface area contributed by atoms with Crippen molar-refractivity contribution in [3.63, 3.8) is 0 Å². The van der Waals surface area contributed by atoms with Crippen molar-refractivity contribution < 1.29 is 13.2 Å². The first kappa shape index (κ1) is 19.9. The predicted molar refractivity (Wildman–Crippen MR) is 106 cm³/mol. The molecule has 0 saturated carbocycles. The molecule has 2 aromatic carbocycles. The van der Waals surface area contributed by atoms with Gasteiger partial charge in [-0.05, 0) is 55.7 Å². The van der Waals surface area contributed by atoms with Crippen molar-refractivity contribution in [1.29, 1.82) is 0 Å². The summed E-state index contributed by atoms with van der Waals surface area (Å²) in [6, 6.07) is 13.2. The second-order valence-electron chi connectivity index (χ2n) is 6.74. The predicted octanol–water partition coefficient (Wildman–Crippen LogP) is 4.01. The van der Waals surface area contributed by atoms with Crippen LogP contribution in [0.2, 0.25) is 5.02 Å². The Kier molecular flexibility index (Phi) is 6.19. The maximum atomic E-state index is 12.8. The molecule has 5 nitrogen and oxygen atoms in total. The normalized spacial score (nSPS) is 16.7. The monoisotopic (exact) mass is 406 g/mol. The lowest BCUT2D eigenvalue weighted by Crippen LogP contribution is -2.35. The highest BCUT2D eigenvalue weighted by Gasteiger charge is 2.26. The van der Waals surface area contributed by atoms with Gasteiger partial charge >= 0.3 is 0 Å². The number of carbonyl (C=O) groups excluding carboxylic acids is 1. The van der Waals surface area contributed by atoms with Crippen molar-refractivity contribution >= 4 is 27.5 Å². The van der Waals surface area contributed by atoms with Crippen LogP contribution < -0.4 is 5.32 Å². The lowest BCUT2D eigenvalue weighted by atomic mass is 10.1. The van der Waals surface area contributed by atoms with Crippen LogP contribution in [0, 0.1) is 0 Å². The van der Waals surface area contributed by atoms with Gasteiger partial charge in [0.2, 0.25) is 10.0 Å². The van der Waals surface area contributed by atoms with Crippen molar-refractivity contribution in [2.75, 3.05) is 13.1 Å². The van der Waals surface area contributed by atoms with Gasteiger partial charge in [-0.15, -0.1) is 0 Å². The van der Waals surface area contributed by atoms with Gasteiger partial charge in [0.1, 0.15) is 0 Å². The minimum atomic E-state index is -3.56. The summed E-state index contributed by atoms with van der Waals surface area (Å²) < 4.78 is 27.1.